The summed E-state index contributed by atoms with van der Waals surface area (Å²) in [5.41, 5.74) is 1.10. The van der Waals surface area contributed by atoms with Gasteiger partial charge in [0.05, 0.1) is 18.4 Å². The molecule has 7 heteroatoms. The molecule has 0 aliphatic rings. The van der Waals surface area contributed by atoms with Gasteiger partial charge in [-0.25, -0.2) is 0 Å². The Morgan fingerprint density at radius 3 is 2.19 bits per heavy atom. The number of benzene rings is 2. The molecule has 0 fully saturated rings. The second-order valence-electron chi connectivity index (χ2n) is 8.20. The van der Waals surface area contributed by atoms with E-state index in [1.807, 2.05) is 27.7 Å². The van der Waals surface area contributed by atoms with Crippen molar-refractivity contribution in [2.45, 2.75) is 40.2 Å². The Balaban J connectivity index is 2.18. The molecule has 0 aromatic heterocycles. The van der Waals surface area contributed by atoms with Crippen molar-refractivity contribution in [2.24, 2.45) is 11.8 Å². The highest BCUT2D eigenvalue weighted by Gasteiger charge is 2.27. The second-order valence-corrected chi connectivity index (χ2v) is 8.20. The molecule has 7 nitrogen and oxygen atoms in total. The predicted molar refractivity (Wildman–Crippen MR) is 126 cm³/mol. The smallest absolute Gasteiger partial charge is 0.255 e. The Morgan fingerprint density at radius 2 is 1.59 bits per heavy atom. The van der Waals surface area contributed by atoms with Crippen molar-refractivity contribution < 1.29 is 19.1 Å². The molecule has 0 aliphatic heterocycles. The largest absolute Gasteiger partial charge is 0.497 e. The van der Waals surface area contributed by atoms with Crippen molar-refractivity contribution in [1.82, 2.24) is 10.6 Å². The number of nitrogens with one attached hydrogen (secondary N) is 3. The number of hydrogen-bond acceptors (Lipinski definition) is 4. The van der Waals surface area contributed by atoms with Crippen molar-refractivity contribution in [3.8, 4) is 5.75 Å². The quantitative estimate of drug-likeness (QED) is 0.524. The summed E-state index contributed by atoms with van der Waals surface area (Å²) in [6.45, 7) is 8.47. The van der Waals surface area contributed by atoms with Crippen LogP contribution in [0.3, 0.4) is 0 Å². The van der Waals surface area contributed by atoms with Crippen molar-refractivity contribution >= 4 is 23.4 Å². The number of anilines is 1. The number of rotatable bonds is 10. The maximum absolute atomic E-state index is 13.1. The normalized spacial score (nSPS) is 12.6. The molecular weight excluding hydrogens is 406 g/mol. The van der Waals surface area contributed by atoms with Gasteiger partial charge in [0, 0.05) is 12.1 Å². The Hall–Kier alpha value is -3.35. The predicted octanol–water partition coefficient (Wildman–Crippen LogP) is 3.86. The van der Waals surface area contributed by atoms with Crippen LogP contribution in [0, 0.1) is 11.8 Å². The van der Waals surface area contributed by atoms with Gasteiger partial charge in [0.1, 0.15) is 11.8 Å². The molecule has 0 saturated heterocycles. The maximum atomic E-state index is 13.1. The number of ether oxygens (including phenoxy) is 1. The van der Waals surface area contributed by atoms with E-state index in [4.69, 9.17) is 4.74 Å². The molecule has 0 spiro atoms. The first-order valence-corrected chi connectivity index (χ1v) is 10.9. The first kappa shape index (κ1) is 24.9. The fourth-order valence-corrected chi connectivity index (χ4v) is 3.06. The molecule has 2 aromatic carbocycles. The number of carbonyl (C=O) groups is 3. The zero-order valence-electron chi connectivity index (χ0n) is 19.4. The summed E-state index contributed by atoms with van der Waals surface area (Å²) in [4.78, 5) is 38.5. The lowest BCUT2D eigenvalue weighted by atomic mass is 9.97. The average molecular weight is 440 g/mol. The third kappa shape index (κ3) is 6.83. The highest BCUT2D eigenvalue weighted by atomic mass is 16.5. The number of methoxy groups -OCH3 is 1. The lowest BCUT2D eigenvalue weighted by Gasteiger charge is -2.24. The highest BCUT2D eigenvalue weighted by Crippen LogP contribution is 2.19. The standard InChI is InChI=1S/C25H33N3O4/c1-6-17(4)22(25(31)26-15-16(2)3)28-24(30)20-9-7-8-10-21(20)27-23(29)18-11-13-19(32-5)14-12-18/h7-14,16-17,22H,6,15H2,1-5H3,(H,26,31)(H,27,29)(H,28,30)/t17-,22+/m1/s1. The summed E-state index contributed by atoms with van der Waals surface area (Å²) in [5.74, 6) is -0.0655. The fourth-order valence-electron chi connectivity index (χ4n) is 3.06. The first-order chi connectivity index (χ1) is 15.3. The van der Waals surface area contributed by atoms with E-state index >= 15 is 0 Å². The van der Waals surface area contributed by atoms with Crippen LogP contribution >= 0.6 is 0 Å². The lowest BCUT2D eigenvalue weighted by molar-refractivity contribution is -0.124. The minimum absolute atomic E-state index is 0.0489. The Morgan fingerprint density at radius 1 is 0.938 bits per heavy atom. The molecule has 3 amide bonds. The minimum atomic E-state index is -0.670. The van der Waals surface area contributed by atoms with Gasteiger partial charge in [-0.1, -0.05) is 46.2 Å². The van der Waals surface area contributed by atoms with E-state index in [1.165, 1.54) is 0 Å². The lowest BCUT2D eigenvalue weighted by Crippen LogP contribution is -2.50. The molecule has 2 aromatic rings. The molecule has 0 radical (unpaired) electrons. The van der Waals surface area contributed by atoms with Crippen molar-refractivity contribution in [1.29, 1.82) is 0 Å². The van der Waals surface area contributed by atoms with Gasteiger partial charge in [-0.3, -0.25) is 14.4 Å². The molecule has 0 saturated carbocycles. The Bertz CT molecular complexity index is 925. The van der Waals surface area contributed by atoms with Crippen LogP contribution in [-0.4, -0.2) is 37.4 Å². The van der Waals surface area contributed by atoms with Crippen molar-refractivity contribution in [3.05, 3.63) is 59.7 Å². The molecule has 3 N–H and O–H groups in total. The van der Waals surface area contributed by atoms with Crippen LogP contribution < -0.4 is 20.7 Å². The number of carbonyl (C=O) groups excluding carboxylic acids is 3. The van der Waals surface area contributed by atoms with Gasteiger partial charge in [0.2, 0.25) is 5.91 Å². The van der Waals surface area contributed by atoms with Crippen LogP contribution in [0.15, 0.2) is 48.5 Å². The maximum Gasteiger partial charge on any atom is 0.255 e. The third-order valence-electron chi connectivity index (χ3n) is 5.24. The number of hydrogen-bond donors (Lipinski definition) is 3. The molecule has 2 rings (SSSR count). The molecule has 0 unspecified atom stereocenters. The van der Waals surface area contributed by atoms with Gasteiger partial charge >= 0.3 is 0 Å². The summed E-state index contributed by atoms with van der Waals surface area (Å²) >= 11 is 0. The monoisotopic (exact) mass is 439 g/mol. The van der Waals surface area contributed by atoms with Gasteiger partial charge in [-0.2, -0.15) is 0 Å². The highest BCUT2D eigenvalue weighted by molar-refractivity contribution is 6.09. The van der Waals surface area contributed by atoms with Crippen molar-refractivity contribution in [3.63, 3.8) is 0 Å². The summed E-state index contributed by atoms with van der Waals surface area (Å²) < 4.78 is 5.12. The SMILES string of the molecule is CC[C@@H](C)[C@H](NC(=O)c1ccccc1NC(=O)c1ccc(OC)cc1)C(=O)NCC(C)C. The molecule has 32 heavy (non-hydrogen) atoms. The molecule has 0 aliphatic carbocycles. The van der Waals surface area contributed by atoms with Gasteiger partial charge < -0.3 is 20.7 Å². The molecule has 0 heterocycles. The average Bonchev–Trinajstić information content (AvgIpc) is 2.80. The Kier molecular flexibility index (Phi) is 9.25. The topological polar surface area (TPSA) is 96.5 Å². The van der Waals surface area contributed by atoms with E-state index in [1.54, 1.807) is 55.6 Å². The summed E-state index contributed by atoms with van der Waals surface area (Å²) in [6.07, 6.45) is 0.732. The summed E-state index contributed by atoms with van der Waals surface area (Å²) in [5, 5.41) is 8.55. The second kappa shape index (κ2) is 11.9. The number of para-hydroxylation sites is 1. The van der Waals surface area contributed by atoms with E-state index in [0.29, 0.717) is 35.0 Å². The van der Waals surface area contributed by atoms with Gasteiger partial charge in [-0.05, 0) is 48.2 Å². The molecule has 2 atom stereocenters. The minimum Gasteiger partial charge on any atom is -0.497 e. The number of amides is 3. The first-order valence-electron chi connectivity index (χ1n) is 10.9. The molecular formula is C25H33N3O4. The van der Waals surface area contributed by atoms with Gasteiger partial charge in [0.15, 0.2) is 0 Å². The summed E-state index contributed by atoms with van der Waals surface area (Å²) in [7, 11) is 1.56. The van der Waals surface area contributed by atoms with Crippen LogP contribution in [0.2, 0.25) is 0 Å². The Labute approximate surface area is 189 Å². The van der Waals surface area contributed by atoms with Crippen LogP contribution in [0.5, 0.6) is 5.75 Å². The van der Waals surface area contributed by atoms with Gasteiger partial charge in [-0.15, -0.1) is 0 Å². The molecule has 0 bridgehead atoms. The van der Waals surface area contributed by atoms with Crippen LogP contribution in [0.1, 0.15) is 54.8 Å². The third-order valence-corrected chi connectivity index (χ3v) is 5.24. The van der Waals surface area contributed by atoms with Crippen LogP contribution in [0.4, 0.5) is 5.69 Å². The van der Waals surface area contributed by atoms with E-state index < -0.39 is 11.9 Å². The fraction of sp³-hybridized carbons (Fsp3) is 0.400. The zero-order chi connectivity index (χ0) is 23.7. The van der Waals surface area contributed by atoms with E-state index in [9.17, 15) is 14.4 Å². The van der Waals surface area contributed by atoms with Gasteiger partial charge in [0.25, 0.3) is 11.8 Å². The van der Waals surface area contributed by atoms with E-state index in [0.717, 1.165) is 6.42 Å². The van der Waals surface area contributed by atoms with E-state index in [-0.39, 0.29) is 17.7 Å². The van der Waals surface area contributed by atoms with Crippen LogP contribution in [0.25, 0.3) is 0 Å². The van der Waals surface area contributed by atoms with Crippen LogP contribution in [-0.2, 0) is 4.79 Å². The van der Waals surface area contributed by atoms with Crippen molar-refractivity contribution in [2.75, 3.05) is 19.0 Å². The summed E-state index contributed by atoms with van der Waals surface area (Å²) in [6, 6.07) is 12.8. The molecule has 172 valence electrons. The van der Waals surface area contributed by atoms with E-state index in [2.05, 4.69) is 16.0 Å². The zero-order valence-corrected chi connectivity index (χ0v) is 19.4.